The van der Waals surface area contributed by atoms with E-state index in [-0.39, 0.29) is 24.9 Å². The van der Waals surface area contributed by atoms with Crippen molar-refractivity contribution in [2.75, 3.05) is 34.1 Å². The van der Waals surface area contributed by atoms with E-state index in [9.17, 15) is 19.3 Å². The average Bonchev–Trinajstić information content (AvgIpc) is 3.17. The van der Waals surface area contributed by atoms with Gasteiger partial charge in [-0.1, -0.05) is 12.2 Å². The second kappa shape index (κ2) is 13.5. The van der Waals surface area contributed by atoms with E-state index in [1.165, 1.54) is 17.4 Å². The van der Waals surface area contributed by atoms with Crippen molar-refractivity contribution >= 4 is 14.2 Å². The van der Waals surface area contributed by atoms with Crippen LogP contribution in [0.25, 0.3) is 0 Å². The zero-order chi connectivity index (χ0) is 22.6. The zero-order valence-corrected chi connectivity index (χ0v) is 17.9. The molecule has 0 aromatic carbocycles. The lowest BCUT2D eigenvalue weighted by atomic mass is 10.2. The predicted octanol–water partition coefficient (Wildman–Crippen LogP) is 0.238. The SMILES string of the molecule is C=C(C)CO[P+](C)(O)OCC1CCC(n2cc(C=O)c(=O)[nH]c2=O)O1.CO.CO. The Bertz CT molecular complexity index is 760. The second-order valence-electron chi connectivity index (χ2n) is 5.99. The largest absolute Gasteiger partial charge is 0.406 e. The Morgan fingerprint density at radius 2 is 1.97 bits per heavy atom. The first-order valence-corrected chi connectivity index (χ1v) is 10.6. The Kier molecular flexibility index (Phi) is 12.7. The van der Waals surface area contributed by atoms with Gasteiger partial charge < -0.3 is 14.9 Å². The van der Waals surface area contributed by atoms with Crippen LogP contribution in [0.3, 0.4) is 0 Å². The predicted molar refractivity (Wildman–Crippen MR) is 108 cm³/mol. The number of hydrogen-bond donors (Lipinski definition) is 4. The van der Waals surface area contributed by atoms with Crippen molar-refractivity contribution < 1.29 is 33.7 Å². The number of aromatic nitrogens is 2. The topological polar surface area (TPSA) is 160 Å². The smallest absolute Gasteiger partial charge is 0.400 e. The van der Waals surface area contributed by atoms with E-state index in [0.29, 0.717) is 19.1 Å². The molecule has 0 spiro atoms. The van der Waals surface area contributed by atoms with Gasteiger partial charge in [0.25, 0.3) is 5.56 Å². The summed E-state index contributed by atoms with van der Waals surface area (Å²) in [6, 6.07) is 0. The molecule has 0 saturated carbocycles. The number of aldehydes is 1. The molecule has 166 valence electrons. The molecule has 1 aliphatic rings. The molecule has 1 fully saturated rings. The van der Waals surface area contributed by atoms with Gasteiger partial charge in [0.2, 0.25) is 0 Å². The number of carbonyl (C=O) groups is 1. The molecule has 1 aliphatic heterocycles. The number of aliphatic hydroxyl groups excluding tert-OH is 2. The molecule has 2 heterocycles. The Morgan fingerprint density at radius 1 is 1.34 bits per heavy atom. The number of aromatic amines is 1. The fraction of sp³-hybridized carbons (Fsp3) is 0.588. The second-order valence-corrected chi connectivity index (χ2v) is 8.11. The van der Waals surface area contributed by atoms with Crippen molar-refractivity contribution in [3.05, 3.63) is 44.8 Å². The van der Waals surface area contributed by atoms with Crippen LogP contribution >= 0.6 is 7.94 Å². The van der Waals surface area contributed by atoms with Crippen LogP contribution in [0.1, 0.15) is 36.4 Å². The van der Waals surface area contributed by atoms with Crippen molar-refractivity contribution in [3.63, 3.8) is 0 Å². The van der Waals surface area contributed by atoms with Gasteiger partial charge in [-0.3, -0.25) is 19.1 Å². The molecule has 1 aromatic rings. The molecule has 12 heteroatoms. The summed E-state index contributed by atoms with van der Waals surface area (Å²) in [5.41, 5.74) is -0.759. The van der Waals surface area contributed by atoms with E-state index >= 15 is 0 Å². The molecule has 0 aliphatic carbocycles. The highest BCUT2D eigenvalue weighted by atomic mass is 31.2. The molecule has 0 bridgehead atoms. The average molecular weight is 437 g/mol. The molecule has 1 aromatic heterocycles. The third-order valence-electron chi connectivity index (χ3n) is 3.57. The third-order valence-corrected chi connectivity index (χ3v) is 4.80. The first kappa shape index (κ1) is 27.3. The zero-order valence-electron chi connectivity index (χ0n) is 17.0. The molecule has 29 heavy (non-hydrogen) atoms. The summed E-state index contributed by atoms with van der Waals surface area (Å²) in [7, 11) is -0.973. The Balaban J connectivity index is 0.00000184. The number of aliphatic hydroxyl groups is 2. The highest BCUT2D eigenvalue weighted by Gasteiger charge is 2.37. The molecule has 1 saturated heterocycles. The maximum atomic E-state index is 11.9. The minimum atomic E-state index is -2.97. The van der Waals surface area contributed by atoms with E-state index in [1.807, 2.05) is 0 Å². The standard InChI is InChI=1S/C15H21N2O7P.2CH4O/c1-10(2)8-22-25(3,21)23-9-12-4-5-13(24-12)17-6-11(7-18)14(19)16-15(17)20;2*1-2/h6-7,12-13,21H,1,4-5,8-9H2,2-3H3;2*2H,1H3/p+1. The molecule has 4 N–H and O–H groups in total. The quantitative estimate of drug-likeness (QED) is 0.254. The summed E-state index contributed by atoms with van der Waals surface area (Å²) >= 11 is 0. The van der Waals surface area contributed by atoms with Crippen molar-refractivity contribution in [2.45, 2.75) is 32.1 Å². The summed E-state index contributed by atoms with van der Waals surface area (Å²) in [4.78, 5) is 46.3. The van der Waals surface area contributed by atoms with E-state index in [2.05, 4.69) is 11.6 Å². The lowest BCUT2D eigenvalue weighted by Gasteiger charge is -2.17. The molecule has 3 unspecified atom stereocenters. The molecule has 3 atom stereocenters. The number of carbonyl (C=O) groups excluding carboxylic acids is 1. The number of hydrogen-bond acceptors (Lipinski definition) is 9. The van der Waals surface area contributed by atoms with E-state index in [4.69, 9.17) is 24.0 Å². The number of ether oxygens (including phenoxy) is 1. The van der Waals surface area contributed by atoms with E-state index in [0.717, 1.165) is 19.8 Å². The van der Waals surface area contributed by atoms with Gasteiger partial charge in [-0.2, -0.15) is 13.9 Å². The third kappa shape index (κ3) is 9.09. The number of rotatable bonds is 8. The first-order chi connectivity index (χ1) is 13.7. The molecule has 2 rings (SSSR count). The highest BCUT2D eigenvalue weighted by Crippen LogP contribution is 2.53. The van der Waals surface area contributed by atoms with Gasteiger partial charge in [0.1, 0.15) is 26.1 Å². The lowest BCUT2D eigenvalue weighted by molar-refractivity contribution is -0.0239. The van der Waals surface area contributed by atoms with Crippen molar-refractivity contribution in [1.29, 1.82) is 0 Å². The molecule has 0 amide bonds. The van der Waals surface area contributed by atoms with Crippen LogP contribution in [-0.2, 0) is 13.8 Å². The maximum absolute atomic E-state index is 11.9. The summed E-state index contributed by atoms with van der Waals surface area (Å²) in [6.07, 6.45) is 1.70. The minimum Gasteiger partial charge on any atom is -0.400 e. The van der Waals surface area contributed by atoms with Gasteiger partial charge in [0, 0.05) is 20.4 Å². The molecular formula is C17H30N2O9P+. The number of nitrogens with one attached hydrogen (secondary N) is 1. The lowest BCUT2D eigenvalue weighted by Crippen LogP contribution is -2.34. The Labute approximate surface area is 169 Å². The van der Waals surface area contributed by atoms with Crippen LogP contribution in [0.5, 0.6) is 0 Å². The summed E-state index contributed by atoms with van der Waals surface area (Å²) in [5, 5.41) is 14.0. The highest BCUT2D eigenvalue weighted by molar-refractivity contribution is 7.59. The fourth-order valence-electron chi connectivity index (χ4n) is 2.30. The van der Waals surface area contributed by atoms with Gasteiger partial charge in [0.05, 0.1) is 11.7 Å². The van der Waals surface area contributed by atoms with E-state index in [1.54, 1.807) is 6.92 Å². The molecular weight excluding hydrogens is 407 g/mol. The van der Waals surface area contributed by atoms with Crippen molar-refractivity contribution in [1.82, 2.24) is 9.55 Å². The van der Waals surface area contributed by atoms with Gasteiger partial charge in [-0.15, -0.1) is 0 Å². The summed E-state index contributed by atoms with van der Waals surface area (Å²) < 4.78 is 17.6. The normalized spacial score (nSPS) is 19.8. The van der Waals surface area contributed by atoms with Gasteiger partial charge in [-0.25, -0.2) is 4.79 Å². The van der Waals surface area contributed by atoms with Crippen LogP contribution in [0.15, 0.2) is 27.9 Å². The minimum absolute atomic E-state index is 0.103. The first-order valence-electron chi connectivity index (χ1n) is 8.60. The van der Waals surface area contributed by atoms with Crippen LogP contribution in [0.2, 0.25) is 0 Å². The van der Waals surface area contributed by atoms with Crippen LogP contribution < -0.4 is 11.2 Å². The fourth-order valence-corrected chi connectivity index (χ4v) is 3.28. The summed E-state index contributed by atoms with van der Waals surface area (Å²) in [6.45, 7) is 7.25. The van der Waals surface area contributed by atoms with Crippen molar-refractivity contribution in [2.24, 2.45) is 0 Å². The monoisotopic (exact) mass is 437 g/mol. The Hall–Kier alpha value is -1.72. The molecule has 11 nitrogen and oxygen atoms in total. The van der Waals surface area contributed by atoms with Crippen LogP contribution in [0.4, 0.5) is 0 Å². The summed E-state index contributed by atoms with van der Waals surface area (Å²) in [5.74, 6) is 0. The van der Waals surface area contributed by atoms with E-state index < -0.39 is 25.4 Å². The maximum Gasteiger partial charge on any atom is 0.406 e. The number of H-pyrrole nitrogens is 1. The Morgan fingerprint density at radius 3 is 2.52 bits per heavy atom. The van der Waals surface area contributed by atoms with Gasteiger partial charge in [0.15, 0.2) is 6.29 Å². The number of nitrogens with zero attached hydrogens (tertiary/aromatic N) is 1. The molecule has 0 radical (unpaired) electrons. The van der Waals surface area contributed by atoms with Gasteiger partial charge >= 0.3 is 13.6 Å². The van der Waals surface area contributed by atoms with Crippen molar-refractivity contribution in [3.8, 4) is 0 Å². The van der Waals surface area contributed by atoms with Gasteiger partial charge in [-0.05, 0) is 19.8 Å². The van der Waals surface area contributed by atoms with Crippen LogP contribution in [0, 0.1) is 0 Å². The van der Waals surface area contributed by atoms with Crippen LogP contribution in [-0.4, -0.2) is 71.1 Å².